The maximum Gasteiger partial charge on any atom is 0.256 e. The van der Waals surface area contributed by atoms with Gasteiger partial charge in [-0.05, 0) is 36.8 Å². The molecule has 1 amide bonds. The summed E-state index contributed by atoms with van der Waals surface area (Å²) >= 11 is 0. The van der Waals surface area contributed by atoms with E-state index >= 15 is 0 Å². The Balaban J connectivity index is 1.72. The second-order valence-electron chi connectivity index (χ2n) is 6.60. The largest absolute Gasteiger partial charge is 0.307 e. The van der Waals surface area contributed by atoms with E-state index in [4.69, 9.17) is 5.26 Å². The van der Waals surface area contributed by atoms with Crippen molar-refractivity contribution < 1.29 is 13.2 Å². The Kier molecular flexibility index (Phi) is 6.61. The normalized spacial score (nSPS) is 11.1. The van der Waals surface area contributed by atoms with Gasteiger partial charge in [0, 0.05) is 24.6 Å². The van der Waals surface area contributed by atoms with Crippen LogP contribution >= 0.6 is 0 Å². The highest BCUT2D eigenvalue weighted by atomic mass is 32.2. The average molecular weight is 423 g/mol. The zero-order chi connectivity index (χ0) is 21.6. The number of aromatic nitrogens is 2. The van der Waals surface area contributed by atoms with E-state index in [9.17, 15) is 13.2 Å². The molecule has 1 heterocycles. The molecule has 0 radical (unpaired) electrons. The van der Waals surface area contributed by atoms with Gasteiger partial charge in [-0.25, -0.2) is 17.8 Å². The SMILES string of the molecule is Cc1cc(NC(=O)c2ccc(S(=O)(=O)NCCC#N)cc2)n(Cc2ccccc2)n1. The van der Waals surface area contributed by atoms with Crippen LogP contribution in [0.2, 0.25) is 0 Å². The van der Waals surface area contributed by atoms with Crippen LogP contribution in [0, 0.1) is 18.3 Å². The first-order valence-corrected chi connectivity index (χ1v) is 10.7. The zero-order valence-corrected chi connectivity index (χ0v) is 17.2. The molecule has 30 heavy (non-hydrogen) atoms. The maximum atomic E-state index is 12.6. The summed E-state index contributed by atoms with van der Waals surface area (Å²) in [5, 5.41) is 15.8. The summed E-state index contributed by atoms with van der Waals surface area (Å²) in [6.45, 7) is 2.39. The quantitative estimate of drug-likeness (QED) is 0.540. The molecule has 0 atom stereocenters. The summed E-state index contributed by atoms with van der Waals surface area (Å²) in [6, 6.07) is 19.0. The zero-order valence-electron chi connectivity index (χ0n) is 16.4. The number of hydrogen-bond donors (Lipinski definition) is 2. The summed E-state index contributed by atoms with van der Waals surface area (Å²) in [4.78, 5) is 12.7. The van der Waals surface area contributed by atoms with E-state index in [0.29, 0.717) is 17.9 Å². The Labute approximate surface area is 175 Å². The van der Waals surface area contributed by atoms with Crippen molar-refractivity contribution in [2.45, 2.75) is 24.8 Å². The Hall–Kier alpha value is -3.48. The molecule has 0 aliphatic heterocycles. The highest BCUT2D eigenvalue weighted by Crippen LogP contribution is 2.16. The van der Waals surface area contributed by atoms with Gasteiger partial charge in [0.2, 0.25) is 10.0 Å². The van der Waals surface area contributed by atoms with Crippen LogP contribution in [0.5, 0.6) is 0 Å². The number of carbonyl (C=O) groups excluding carboxylic acids is 1. The van der Waals surface area contributed by atoms with Crippen molar-refractivity contribution in [2.24, 2.45) is 0 Å². The number of nitrogens with one attached hydrogen (secondary N) is 2. The lowest BCUT2D eigenvalue weighted by Gasteiger charge is -2.10. The van der Waals surface area contributed by atoms with Crippen LogP contribution in [0.4, 0.5) is 5.82 Å². The van der Waals surface area contributed by atoms with Crippen molar-refractivity contribution in [3.8, 4) is 6.07 Å². The average Bonchev–Trinajstić information content (AvgIpc) is 3.07. The second-order valence-corrected chi connectivity index (χ2v) is 8.37. The number of sulfonamides is 1. The minimum absolute atomic E-state index is 0.0296. The third kappa shape index (κ3) is 5.31. The predicted molar refractivity (Wildman–Crippen MR) is 112 cm³/mol. The van der Waals surface area contributed by atoms with Gasteiger partial charge in [-0.3, -0.25) is 4.79 Å². The summed E-state index contributed by atoms with van der Waals surface area (Å²) in [6.07, 6.45) is 0.0792. The van der Waals surface area contributed by atoms with Gasteiger partial charge in [-0.15, -0.1) is 0 Å². The Bertz CT molecular complexity index is 1160. The molecule has 0 aliphatic carbocycles. The molecule has 3 rings (SSSR count). The molecule has 0 spiro atoms. The van der Waals surface area contributed by atoms with Crippen molar-refractivity contribution in [3.05, 3.63) is 77.5 Å². The van der Waals surface area contributed by atoms with Crippen LogP contribution in [0.1, 0.15) is 28.0 Å². The number of rotatable bonds is 8. The van der Waals surface area contributed by atoms with E-state index in [1.165, 1.54) is 24.3 Å². The summed E-state index contributed by atoms with van der Waals surface area (Å²) in [7, 11) is -3.72. The highest BCUT2D eigenvalue weighted by molar-refractivity contribution is 7.89. The molecule has 1 aromatic heterocycles. The molecular weight excluding hydrogens is 402 g/mol. The van der Waals surface area contributed by atoms with Crippen LogP contribution < -0.4 is 10.0 Å². The van der Waals surface area contributed by atoms with Crippen molar-refractivity contribution in [1.29, 1.82) is 5.26 Å². The number of nitrogens with zero attached hydrogens (tertiary/aromatic N) is 3. The van der Waals surface area contributed by atoms with E-state index in [1.807, 2.05) is 43.3 Å². The first kappa shape index (κ1) is 21.2. The maximum absolute atomic E-state index is 12.6. The number of aryl methyl sites for hydroxylation is 1. The number of benzene rings is 2. The standard InChI is InChI=1S/C21H21N5O3S/c1-16-14-20(26(25-16)15-17-6-3-2-4-7-17)24-21(27)18-8-10-19(11-9-18)30(28,29)23-13-5-12-22/h2-4,6-11,14,23H,5,13,15H2,1H3,(H,24,27). The fraction of sp³-hybridized carbons (Fsp3) is 0.190. The van der Waals surface area contributed by atoms with Crippen LogP contribution in [0.25, 0.3) is 0 Å². The molecule has 0 unspecified atom stereocenters. The summed E-state index contributed by atoms with van der Waals surface area (Å²) in [5.41, 5.74) is 2.14. The third-order valence-electron chi connectivity index (χ3n) is 4.27. The molecule has 0 fully saturated rings. The fourth-order valence-corrected chi connectivity index (χ4v) is 3.85. The van der Waals surface area contributed by atoms with Crippen molar-refractivity contribution in [1.82, 2.24) is 14.5 Å². The molecule has 0 saturated carbocycles. The highest BCUT2D eigenvalue weighted by Gasteiger charge is 2.16. The van der Waals surface area contributed by atoms with Gasteiger partial charge in [0.1, 0.15) is 5.82 Å². The monoisotopic (exact) mass is 423 g/mol. The third-order valence-corrected chi connectivity index (χ3v) is 5.75. The van der Waals surface area contributed by atoms with Gasteiger partial charge >= 0.3 is 0 Å². The van der Waals surface area contributed by atoms with E-state index in [2.05, 4.69) is 15.1 Å². The van der Waals surface area contributed by atoms with Gasteiger partial charge < -0.3 is 5.32 Å². The predicted octanol–water partition coefficient (Wildman–Crippen LogP) is 2.68. The van der Waals surface area contributed by atoms with Gasteiger partial charge in [0.25, 0.3) is 5.91 Å². The lowest BCUT2D eigenvalue weighted by molar-refractivity contribution is 0.102. The minimum Gasteiger partial charge on any atom is -0.307 e. The Morgan fingerprint density at radius 3 is 2.50 bits per heavy atom. The Morgan fingerprint density at radius 2 is 1.83 bits per heavy atom. The van der Waals surface area contributed by atoms with Crippen LogP contribution in [-0.2, 0) is 16.6 Å². The van der Waals surface area contributed by atoms with Crippen molar-refractivity contribution in [3.63, 3.8) is 0 Å². The molecular formula is C21H21N5O3S. The van der Waals surface area contributed by atoms with Crippen LogP contribution in [-0.4, -0.2) is 30.7 Å². The molecule has 154 valence electrons. The molecule has 0 aliphatic rings. The molecule has 8 nitrogen and oxygen atoms in total. The van der Waals surface area contributed by atoms with Gasteiger partial charge in [-0.1, -0.05) is 30.3 Å². The number of nitriles is 1. The number of carbonyl (C=O) groups is 1. The van der Waals surface area contributed by atoms with Gasteiger partial charge in [0.15, 0.2) is 0 Å². The fourth-order valence-electron chi connectivity index (χ4n) is 2.82. The molecule has 2 N–H and O–H groups in total. The molecule has 0 bridgehead atoms. The van der Waals surface area contributed by atoms with Crippen molar-refractivity contribution >= 4 is 21.7 Å². The smallest absolute Gasteiger partial charge is 0.256 e. The first-order valence-electron chi connectivity index (χ1n) is 9.25. The Morgan fingerprint density at radius 1 is 1.13 bits per heavy atom. The van der Waals surface area contributed by atoms with E-state index in [-0.39, 0.29) is 23.8 Å². The lowest BCUT2D eigenvalue weighted by atomic mass is 10.2. The van der Waals surface area contributed by atoms with Gasteiger partial charge in [-0.2, -0.15) is 10.4 Å². The van der Waals surface area contributed by atoms with Crippen LogP contribution in [0.15, 0.2) is 65.6 Å². The lowest BCUT2D eigenvalue weighted by Crippen LogP contribution is -2.24. The van der Waals surface area contributed by atoms with Crippen molar-refractivity contribution in [2.75, 3.05) is 11.9 Å². The molecule has 0 saturated heterocycles. The molecule has 2 aromatic carbocycles. The van der Waals surface area contributed by atoms with E-state index in [0.717, 1.165) is 11.3 Å². The first-order chi connectivity index (χ1) is 14.4. The van der Waals surface area contributed by atoms with Crippen LogP contribution in [0.3, 0.4) is 0 Å². The second kappa shape index (κ2) is 9.35. The topological polar surface area (TPSA) is 117 Å². The summed E-state index contributed by atoms with van der Waals surface area (Å²) in [5.74, 6) is 0.182. The molecule has 9 heteroatoms. The van der Waals surface area contributed by atoms with Gasteiger partial charge in [0.05, 0.1) is 23.2 Å². The number of anilines is 1. The molecule has 3 aromatic rings. The number of hydrogen-bond acceptors (Lipinski definition) is 5. The van der Waals surface area contributed by atoms with E-state index < -0.39 is 10.0 Å². The number of amides is 1. The van der Waals surface area contributed by atoms with E-state index in [1.54, 1.807) is 10.7 Å². The minimum atomic E-state index is -3.72. The summed E-state index contributed by atoms with van der Waals surface area (Å²) < 4.78 is 28.4.